The van der Waals surface area contributed by atoms with E-state index < -0.39 is 12.6 Å². The number of hydrogen-bond acceptors (Lipinski definition) is 3. The van der Waals surface area contributed by atoms with Crippen LogP contribution in [0.2, 0.25) is 0 Å². The van der Waals surface area contributed by atoms with Crippen molar-refractivity contribution in [1.82, 2.24) is 14.6 Å². The molecule has 0 saturated carbocycles. The molecule has 0 atom stereocenters. The third-order valence-corrected chi connectivity index (χ3v) is 2.96. The van der Waals surface area contributed by atoms with Crippen LogP contribution in [0.25, 0.3) is 16.9 Å². The van der Waals surface area contributed by atoms with Gasteiger partial charge in [0.05, 0.1) is 11.9 Å². The molecule has 0 aliphatic carbocycles. The van der Waals surface area contributed by atoms with Crippen LogP contribution >= 0.6 is 0 Å². The lowest BCUT2D eigenvalue weighted by Crippen LogP contribution is -2.05. The van der Waals surface area contributed by atoms with Crippen LogP contribution in [0.15, 0.2) is 42.6 Å². The van der Waals surface area contributed by atoms with E-state index in [4.69, 9.17) is 5.11 Å². The molecule has 0 aliphatic heterocycles. The first kappa shape index (κ1) is 12.3. The lowest BCUT2D eigenvalue weighted by atomic mass is 10.1. The SMILES string of the molecule is O=C(O)c1cnc2ccc(-c3cccc(CF)c3)nn12. The minimum Gasteiger partial charge on any atom is -0.476 e. The number of carbonyl (C=O) groups is 1. The summed E-state index contributed by atoms with van der Waals surface area (Å²) in [7, 11) is 0. The highest BCUT2D eigenvalue weighted by molar-refractivity contribution is 5.86. The molecule has 1 N–H and O–H groups in total. The average Bonchev–Trinajstić information content (AvgIpc) is 2.90. The molecule has 0 radical (unpaired) electrons. The van der Waals surface area contributed by atoms with Crippen LogP contribution in [0.1, 0.15) is 16.1 Å². The number of hydrogen-bond donors (Lipinski definition) is 1. The zero-order valence-electron chi connectivity index (χ0n) is 10.3. The third kappa shape index (κ3) is 2.01. The van der Waals surface area contributed by atoms with E-state index in [-0.39, 0.29) is 5.69 Å². The molecule has 3 rings (SSSR count). The molecule has 1 aromatic carbocycles. The zero-order valence-corrected chi connectivity index (χ0v) is 10.3. The predicted octanol–water partition coefficient (Wildman–Crippen LogP) is 2.56. The van der Waals surface area contributed by atoms with Gasteiger partial charge in [-0.3, -0.25) is 0 Å². The van der Waals surface area contributed by atoms with Crippen LogP contribution in [-0.2, 0) is 6.67 Å². The van der Waals surface area contributed by atoms with Crippen molar-refractivity contribution in [2.24, 2.45) is 0 Å². The maximum atomic E-state index is 12.7. The normalized spacial score (nSPS) is 10.8. The average molecular weight is 271 g/mol. The summed E-state index contributed by atoms with van der Waals surface area (Å²) in [5, 5.41) is 13.3. The van der Waals surface area contributed by atoms with Crippen molar-refractivity contribution in [3.8, 4) is 11.3 Å². The number of aromatic carboxylic acids is 1. The predicted molar refractivity (Wildman–Crippen MR) is 70.2 cm³/mol. The maximum absolute atomic E-state index is 12.7. The Morgan fingerprint density at radius 3 is 2.90 bits per heavy atom. The van der Waals surface area contributed by atoms with Crippen molar-refractivity contribution in [2.45, 2.75) is 6.67 Å². The van der Waals surface area contributed by atoms with E-state index in [0.717, 1.165) is 5.56 Å². The summed E-state index contributed by atoms with van der Waals surface area (Å²) in [5.41, 5.74) is 2.28. The van der Waals surface area contributed by atoms with Gasteiger partial charge in [-0.2, -0.15) is 5.10 Å². The van der Waals surface area contributed by atoms with Crippen molar-refractivity contribution >= 4 is 11.6 Å². The highest BCUT2D eigenvalue weighted by atomic mass is 19.1. The number of imidazole rings is 1. The van der Waals surface area contributed by atoms with E-state index in [1.807, 2.05) is 0 Å². The van der Waals surface area contributed by atoms with Gasteiger partial charge >= 0.3 is 5.97 Å². The molecule has 20 heavy (non-hydrogen) atoms. The molecule has 0 spiro atoms. The highest BCUT2D eigenvalue weighted by Gasteiger charge is 2.12. The Hall–Kier alpha value is -2.76. The third-order valence-electron chi connectivity index (χ3n) is 2.96. The van der Waals surface area contributed by atoms with Gasteiger partial charge in [0.2, 0.25) is 0 Å². The van der Waals surface area contributed by atoms with Crippen LogP contribution < -0.4 is 0 Å². The van der Waals surface area contributed by atoms with E-state index in [9.17, 15) is 9.18 Å². The minimum absolute atomic E-state index is 0.0107. The molecular weight excluding hydrogens is 261 g/mol. The molecular formula is C14H10FN3O2. The quantitative estimate of drug-likeness (QED) is 0.795. The van der Waals surface area contributed by atoms with Gasteiger partial charge in [0.25, 0.3) is 0 Å². The first-order valence-corrected chi connectivity index (χ1v) is 5.92. The summed E-state index contributed by atoms with van der Waals surface area (Å²) in [5.74, 6) is -1.10. The molecule has 2 heterocycles. The van der Waals surface area contributed by atoms with Gasteiger partial charge < -0.3 is 5.11 Å². The molecule has 0 unspecified atom stereocenters. The number of halogens is 1. The smallest absolute Gasteiger partial charge is 0.356 e. The summed E-state index contributed by atoms with van der Waals surface area (Å²) in [6.45, 7) is -0.554. The second-order valence-corrected chi connectivity index (χ2v) is 4.27. The summed E-state index contributed by atoms with van der Waals surface area (Å²) in [6.07, 6.45) is 1.26. The zero-order chi connectivity index (χ0) is 14.1. The van der Waals surface area contributed by atoms with Gasteiger partial charge in [-0.05, 0) is 23.8 Å². The Labute approximate surface area is 113 Å². The Morgan fingerprint density at radius 2 is 2.15 bits per heavy atom. The largest absolute Gasteiger partial charge is 0.476 e. The van der Waals surface area contributed by atoms with Crippen molar-refractivity contribution in [2.75, 3.05) is 0 Å². The molecule has 2 aromatic heterocycles. The van der Waals surface area contributed by atoms with E-state index in [0.29, 0.717) is 16.9 Å². The van der Waals surface area contributed by atoms with Crippen molar-refractivity contribution < 1.29 is 14.3 Å². The van der Waals surface area contributed by atoms with Gasteiger partial charge in [-0.1, -0.05) is 18.2 Å². The number of alkyl halides is 1. The lowest BCUT2D eigenvalue weighted by Gasteiger charge is -2.04. The Balaban J connectivity index is 2.16. The molecule has 3 aromatic rings. The van der Waals surface area contributed by atoms with Crippen molar-refractivity contribution in [3.63, 3.8) is 0 Å². The van der Waals surface area contributed by atoms with Crippen LogP contribution in [-0.4, -0.2) is 25.7 Å². The second-order valence-electron chi connectivity index (χ2n) is 4.27. The van der Waals surface area contributed by atoms with Gasteiger partial charge in [0.1, 0.15) is 6.67 Å². The topological polar surface area (TPSA) is 67.5 Å². The molecule has 0 bridgehead atoms. The van der Waals surface area contributed by atoms with Crippen LogP contribution in [0.5, 0.6) is 0 Å². The van der Waals surface area contributed by atoms with Gasteiger partial charge in [0, 0.05) is 5.56 Å². The first-order chi connectivity index (χ1) is 9.69. The van der Waals surface area contributed by atoms with E-state index >= 15 is 0 Å². The van der Waals surface area contributed by atoms with Gasteiger partial charge in [-0.15, -0.1) is 0 Å². The van der Waals surface area contributed by atoms with Crippen LogP contribution in [0.4, 0.5) is 4.39 Å². The summed E-state index contributed by atoms with van der Waals surface area (Å²) >= 11 is 0. The number of nitrogens with zero attached hydrogens (tertiary/aromatic N) is 3. The number of carboxylic acid groups (broad SMARTS) is 1. The fourth-order valence-corrected chi connectivity index (χ4v) is 1.99. The monoisotopic (exact) mass is 271 g/mol. The molecule has 100 valence electrons. The Kier molecular flexibility index (Phi) is 2.90. The van der Waals surface area contributed by atoms with Crippen LogP contribution in [0.3, 0.4) is 0 Å². The summed E-state index contributed by atoms with van der Waals surface area (Å²) in [6, 6.07) is 10.3. The summed E-state index contributed by atoms with van der Waals surface area (Å²) in [4.78, 5) is 15.0. The molecule has 5 nitrogen and oxygen atoms in total. The fraction of sp³-hybridized carbons (Fsp3) is 0.0714. The number of aromatic nitrogens is 3. The second kappa shape index (κ2) is 4.73. The van der Waals surface area contributed by atoms with Crippen molar-refractivity contribution in [3.05, 3.63) is 53.9 Å². The Morgan fingerprint density at radius 1 is 1.30 bits per heavy atom. The van der Waals surface area contributed by atoms with Gasteiger partial charge in [-0.25, -0.2) is 18.7 Å². The standard InChI is InChI=1S/C14H10FN3O2/c15-7-9-2-1-3-10(6-9)11-4-5-13-16-8-12(14(19)20)18(13)17-11/h1-6,8H,7H2,(H,19,20). The van der Waals surface area contributed by atoms with Crippen LogP contribution in [0, 0.1) is 0 Å². The molecule has 0 aliphatic rings. The number of fused-ring (bicyclic) bond motifs is 1. The maximum Gasteiger partial charge on any atom is 0.356 e. The van der Waals surface area contributed by atoms with E-state index in [1.54, 1.807) is 36.4 Å². The number of carboxylic acids is 1. The molecule has 0 saturated heterocycles. The lowest BCUT2D eigenvalue weighted by molar-refractivity contribution is 0.0688. The fourth-order valence-electron chi connectivity index (χ4n) is 1.99. The highest BCUT2D eigenvalue weighted by Crippen LogP contribution is 2.19. The first-order valence-electron chi connectivity index (χ1n) is 5.92. The number of benzene rings is 1. The molecule has 0 amide bonds. The molecule has 0 fully saturated rings. The van der Waals surface area contributed by atoms with E-state index in [2.05, 4.69) is 10.1 Å². The summed E-state index contributed by atoms with van der Waals surface area (Å²) < 4.78 is 13.9. The Bertz CT molecular complexity index is 798. The minimum atomic E-state index is -1.10. The number of rotatable bonds is 3. The molecule has 6 heteroatoms. The van der Waals surface area contributed by atoms with Gasteiger partial charge in [0.15, 0.2) is 11.3 Å². The van der Waals surface area contributed by atoms with Crippen molar-refractivity contribution in [1.29, 1.82) is 0 Å². The van der Waals surface area contributed by atoms with E-state index in [1.165, 1.54) is 10.7 Å².